The van der Waals surface area contributed by atoms with E-state index in [1.807, 2.05) is 12.1 Å². The average Bonchev–Trinajstić information content (AvgIpc) is 2.48. The Labute approximate surface area is 126 Å². The number of nitriles is 1. The van der Waals surface area contributed by atoms with Gasteiger partial charge in [-0.3, -0.25) is 4.79 Å². The quantitative estimate of drug-likeness (QED) is 0.602. The molecule has 1 saturated carbocycles. The fourth-order valence-corrected chi connectivity index (χ4v) is 3.33. The van der Waals surface area contributed by atoms with Crippen LogP contribution in [-0.4, -0.2) is 5.97 Å². The molecule has 1 aliphatic rings. The minimum Gasteiger partial charge on any atom is -0.425 e. The van der Waals surface area contributed by atoms with E-state index < -0.39 is 0 Å². The molecular weight excluding hydrogens is 262 g/mol. The summed E-state index contributed by atoms with van der Waals surface area (Å²) in [7, 11) is 0. The molecular formula is C18H23NO2. The highest BCUT2D eigenvalue weighted by Crippen LogP contribution is 2.38. The van der Waals surface area contributed by atoms with Crippen LogP contribution in [0, 0.1) is 17.2 Å². The third-order valence-corrected chi connectivity index (χ3v) is 4.39. The summed E-state index contributed by atoms with van der Waals surface area (Å²) in [5.74, 6) is 1.39. The van der Waals surface area contributed by atoms with E-state index in [1.165, 1.54) is 51.0 Å². The minimum atomic E-state index is -0.390. The Bertz CT molecular complexity index is 537. The molecule has 0 N–H and O–H groups in total. The molecule has 1 aromatic carbocycles. The van der Waals surface area contributed by atoms with Gasteiger partial charge in [0.05, 0.1) is 5.56 Å². The van der Waals surface area contributed by atoms with E-state index in [-0.39, 0.29) is 5.97 Å². The number of hydrogen-bond acceptors (Lipinski definition) is 3. The fourth-order valence-electron chi connectivity index (χ4n) is 3.33. The molecule has 0 aromatic heterocycles. The lowest BCUT2D eigenvalue weighted by atomic mass is 9.77. The lowest BCUT2D eigenvalue weighted by Crippen LogP contribution is -2.13. The van der Waals surface area contributed by atoms with E-state index in [1.54, 1.807) is 6.07 Å². The van der Waals surface area contributed by atoms with Crippen LogP contribution in [0.3, 0.4) is 0 Å². The summed E-state index contributed by atoms with van der Waals surface area (Å²) < 4.78 is 5.07. The molecule has 0 amide bonds. The van der Waals surface area contributed by atoms with Crippen LogP contribution < -0.4 is 4.74 Å². The van der Waals surface area contributed by atoms with Gasteiger partial charge in [0.15, 0.2) is 0 Å². The van der Waals surface area contributed by atoms with Crippen molar-refractivity contribution in [1.82, 2.24) is 0 Å². The lowest BCUT2D eigenvalue weighted by molar-refractivity contribution is -0.131. The van der Waals surface area contributed by atoms with Crippen LogP contribution in [0.1, 0.15) is 69.4 Å². The van der Waals surface area contributed by atoms with Gasteiger partial charge in [-0.1, -0.05) is 25.8 Å². The summed E-state index contributed by atoms with van der Waals surface area (Å²) >= 11 is 0. The van der Waals surface area contributed by atoms with Gasteiger partial charge in [0.1, 0.15) is 11.8 Å². The van der Waals surface area contributed by atoms with E-state index in [2.05, 4.69) is 13.0 Å². The largest absolute Gasteiger partial charge is 0.425 e. The van der Waals surface area contributed by atoms with Crippen molar-refractivity contribution in [2.45, 2.75) is 58.3 Å². The molecule has 1 aromatic rings. The number of esters is 1. The van der Waals surface area contributed by atoms with Crippen LogP contribution in [0.5, 0.6) is 5.75 Å². The topological polar surface area (TPSA) is 50.1 Å². The van der Waals surface area contributed by atoms with Crippen molar-refractivity contribution >= 4 is 5.97 Å². The third kappa shape index (κ3) is 4.07. The van der Waals surface area contributed by atoms with Crippen molar-refractivity contribution in [1.29, 1.82) is 5.26 Å². The summed E-state index contributed by atoms with van der Waals surface area (Å²) in [4.78, 5) is 11.0. The summed E-state index contributed by atoms with van der Waals surface area (Å²) in [5.41, 5.74) is 1.66. The molecule has 0 aliphatic heterocycles. The van der Waals surface area contributed by atoms with Gasteiger partial charge in [-0.05, 0) is 55.2 Å². The van der Waals surface area contributed by atoms with Gasteiger partial charge >= 0.3 is 5.97 Å². The second kappa shape index (κ2) is 7.26. The van der Waals surface area contributed by atoms with Crippen molar-refractivity contribution in [3.05, 3.63) is 29.3 Å². The Balaban J connectivity index is 2.08. The molecule has 0 bridgehead atoms. The fraction of sp³-hybridized carbons (Fsp3) is 0.556. The second-order valence-corrected chi connectivity index (χ2v) is 5.97. The normalized spacial score (nSPS) is 21.6. The van der Waals surface area contributed by atoms with Crippen molar-refractivity contribution < 1.29 is 9.53 Å². The van der Waals surface area contributed by atoms with Gasteiger partial charge in [0, 0.05) is 6.92 Å². The van der Waals surface area contributed by atoms with Gasteiger partial charge in [-0.15, -0.1) is 0 Å². The first-order valence-electron chi connectivity index (χ1n) is 7.86. The van der Waals surface area contributed by atoms with E-state index in [0.717, 1.165) is 5.92 Å². The van der Waals surface area contributed by atoms with Crippen LogP contribution in [0.15, 0.2) is 18.2 Å². The molecule has 0 radical (unpaired) electrons. The average molecular weight is 285 g/mol. The van der Waals surface area contributed by atoms with Crippen LogP contribution in [0.2, 0.25) is 0 Å². The molecule has 0 heterocycles. The smallest absolute Gasteiger partial charge is 0.308 e. The zero-order chi connectivity index (χ0) is 15.2. The predicted octanol–water partition coefficient (Wildman–Crippen LogP) is 4.56. The number of benzene rings is 1. The van der Waals surface area contributed by atoms with Gasteiger partial charge < -0.3 is 4.74 Å². The Hall–Kier alpha value is -1.82. The molecule has 21 heavy (non-hydrogen) atoms. The molecule has 1 aliphatic carbocycles. The summed E-state index contributed by atoms with van der Waals surface area (Å²) in [6, 6.07) is 7.79. The monoisotopic (exact) mass is 285 g/mol. The maximum Gasteiger partial charge on any atom is 0.308 e. The third-order valence-electron chi connectivity index (χ3n) is 4.39. The van der Waals surface area contributed by atoms with Crippen LogP contribution in [-0.2, 0) is 4.79 Å². The van der Waals surface area contributed by atoms with E-state index in [0.29, 0.717) is 17.2 Å². The molecule has 112 valence electrons. The molecule has 2 rings (SSSR count). The predicted molar refractivity (Wildman–Crippen MR) is 82.1 cm³/mol. The number of hydrogen-bond donors (Lipinski definition) is 0. The number of nitrogens with zero attached hydrogens (tertiary/aromatic N) is 1. The zero-order valence-electron chi connectivity index (χ0n) is 12.9. The van der Waals surface area contributed by atoms with Crippen LogP contribution >= 0.6 is 0 Å². The maximum atomic E-state index is 11.0. The molecule has 0 atom stereocenters. The Morgan fingerprint density at radius 2 is 2.05 bits per heavy atom. The SMILES string of the molecule is CCC[C@H]1CC[C@H](c2ccc(OC(C)=O)c(C#N)c2)CC1. The van der Waals surface area contributed by atoms with E-state index in [9.17, 15) is 10.1 Å². The minimum absolute atomic E-state index is 0.369. The Kier molecular flexibility index (Phi) is 5.38. The van der Waals surface area contributed by atoms with Gasteiger partial charge in [-0.25, -0.2) is 0 Å². The standard InChI is InChI=1S/C18H23NO2/c1-3-4-14-5-7-15(8-6-14)16-9-10-18(21-13(2)20)17(11-16)12-19/h9-11,14-15H,3-8H2,1-2H3/t14-,15-. The van der Waals surface area contributed by atoms with Gasteiger partial charge in [-0.2, -0.15) is 5.26 Å². The molecule has 1 fully saturated rings. The maximum absolute atomic E-state index is 11.0. The van der Waals surface area contributed by atoms with Gasteiger partial charge in [0.25, 0.3) is 0 Å². The molecule has 3 nitrogen and oxygen atoms in total. The second-order valence-electron chi connectivity index (χ2n) is 5.97. The van der Waals surface area contributed by atoms with Crippen LogP contribution in [0.25, 0.3) is 0 Å². The van der Waals surface area contributed by atoms with E-state index >= 15 is 0 Å². The molecule has 0 spiro atoms. The summed E-state index contributed by atoms with van der Waals surface area (Å²) in [5, 5.41) is 9.22. The zero-order valence-corrected chi connectivity index (χ0v) is 12.9. The summed E-state index contributed by atoms with van der Waals surface area (Å²) in [6.45, 7) is 3.60. The molecule has 0 unspecified atom stereocenters. The summed E-state index contributed by atoms with van der Waals surface area (Å²) in [6.07, 6.45) is 7.57. The van der Waals surface area contributed by atoms with Crippen molar-refractivity contribution in [2.75, 3.05) is 0 Å². The van der Waals surface area contributed by atoms with Crippen LogP contribution in [0.4, 0.5) is 0 Å². The first-order valence-corrected chi connectivity index (χ1v) is 7.86. The molecule has 0 saturated heterocycles. The highest BCUT2D eigenvalue weighted by molar-refractivity contribution is 5.70. The first-order chi connectivity index (χ1) is 10.1. The number of carbonyl (C=O) groups excluding carboxylic acids is 1. The lowest BCUT2D eigenvalue weighted by Gasteiger charge is -2.28. The van der Waals surface area contributed by atoms with Crippen molar-refractivity contribution in [3.8, 4) is 11.8 Å². The highest BCUT2D eigenvalue weighted by atomic mass is 16.5. The van der Waals surface area contributed by atoms with Crippen molar-refractivity contribution in [3.63, 3.8) is 0 Å². The Morgan fingerprint density at radius 3 is 2.62 bits per heavy atom. The van der Waals surface area contributed by atoms with Gasteiger partial charge in [0.2, 0.25) is 0 Å². The number of rotatable bonds is 4. The number of ether oxygens (including phenoxy) is 1. The van der Waals surface area contributed by atoms with Crippen molar-refractivity contribution in [2.24, 2.45) is 5.92 Å². The van der Waals surface area contributed by atoms with E-state index in [4.69, 9.17) is 4.74 Å². The molecule has 3 heteroatoms. The highest BCUT2D eigenvalue weighted by Gasteiger charge is 2.22. The number of carbonyl (C=O) groups is 1. The first kappa shape index (κ1) is 15.6. The Morgan fingerprint density at radius 1 is 1.33 bits per heavy atom.